The normalized spacial score (nSPS) is 50.1. The van der Waals surface area contributed by atoms with E-state index in [4.69, 9.17) is 4.74 Å². The number of hydrogen-bond donors (Lipinski definition) is 0. The predicted molar refractivity (Wildman–Crippen MR) is 52.5 cm³/mol. The van der Waals surface area contributed by atoms with E-state index in [1.54, 1.807) is 0 Å². The Labute approximate surface area is 84.3 Å². The van der Waals surface area contributed by atoms with Crippen LogP contribution in [0.4, 0.5) is 0 Å². The van der Waals surface area contributed by atoms with E-state index in [1.807, 2.05) is 0 Å². The summed E-state index contributed by atoms with van der Waals surface area (Å²) in [4.78, 5) is 11.8. The van der Waals surface area contributed by atoms with Crippen molar-refractivity contribution < 1.29 is 9.53 Å². The van der Waals surface area contributed by atoms with E-state index in [2.05, 4.69) is 19.1 Å². The van der Waals surface area contributed by atoms with Crippen LogP contribution in [0.15, 0.2) is 12.2 Å². The second-order valence-corrected chi connectivity index (χ2v) is 4.98. The lowest BCUT2D eigenvalue weighted by atomic mass is 9.75. The van der Waals surface area contributed by atoms with Crippen molar-refractivity contribution in [3.8, 4) is 0 Å². The zero-order chi connectivity index (χ0) is 9.71. The van der Waals surface area contributed by atoms with Crippen LogP contribution in [0.2, 0.25) is 0 Å². The van der Waals surface area contributed by atoms with Gasteiger partial charge in [-0.05, 0) is 36.5 Å². The smallest absolute Gasteiger partial charge is 0.309 e. The van der Waals surface area contributed by atoms with Crippen molar-refractivity contribution in [3.05, 3.63) is 12.2 Å². The van der Waals surface area contributed by atoms with Crippen molar-refractivity contribution in [1.82, 2.24) is 0 Å². The molecule has 3 aliphatic rings. The quantitative estimate of drug-likeness (QED) is 0.433. The molecule has 1 saturated heterocycles. The molecule has 3 rings (SSSR count). The summed E-state index contributed by atoms with van der Waals surface area (Å²) in [5.41, 5.74) is 0. The average molecular weight is 192 g/mol. The number of allylic oxidation sites excluding steroid dienone is 2. The van der Waals surface area contributed by atoms with Crippen molar-refractivity contribution in [2.24, 2.45) is 29.6 Å². The van der Waals surface area contributed by atoms with Crippen molar-refractivity contribution >= 4 is 5.97 Å². The molecule has 0 N–H and O–H groups in total. The molecule has 2 fully saturated rings. The van der Waals surface area contributed by atoms with Crippen LogP contribution in [0.1, 0.15) is 19.8 Å². The first-order chi connectivity index (χ1) is 6.77. The van der Waals surface area contributed by atoms with Gasteiger partial charge < -0.3 is 4.74 Å². The van der Waals surface area contributed by atoms with Gasteiger partial charge in [0.1, 0.15) is 0 Å². The fourth-order valence-corrected chi connectivity index (χ4v) is 3.60. The molecule has 0 radical (unpaired) electrons. The first kappa shape index (κ1) is 8.51. The molecule has 1 heterocycles. The van der Waals surface area contributed by atoms with Crippen LogP contribution in [0.3, 0.4) is 0 Å². The van der Waals surface area contributed by atoms with Gasteiger partial charge >= 0.3 is 5.97 Å². The zero-order valence-electron chi connectivity index (χ0n) is 8.48. The summed E-state index contributed by atoms with van der Waals surface area (Å²) >= 11 is 0. The first-order valence-corrected chi connectivity index (χ1v) is 5.62. The SMILES string of the molecule is C[C@H]1CCOC(=O)[C@@H]2[C@H]1[C@@H]1C=C[C@H]2C1. The van der Waals surface area contributed by atoms with Crippen molar-refractivity contribution in [1.29, 1.82) is 0 Å². The number of cyclic esters (lactones) is 1. The molecule has 1 aliphatic heterocycles. The van der Waals surface area contributed by atoms with Gasteiger partial charge in [0.15, 0.2) is 0 Å². The minimum Gasteiger partial charge on any atom is -0.465 e. The van der Waals surface area contributed by atoms with Crippen LogP contribution < -0.4 is 0 Å². The van der Waals surface area contributed by atoms with Crippen molar-refractivity contribution in [2.75, 3.05) is 6.61 Å². The molecule has 2 aliphatic carbocycles. The molecule has 0 unspecified atom stereocenters. The predicted octanol–water partition coefficient (Wildman–Crippen LogP) is 2.01. The number of carbonyl (C=O) groups excluding carboxylic acids is 1. The number of carbonyl (C=O) groups is 1. The molecule has 2 nitrogen and oxygen atoms in total. The van der Waals surface area contributed by atoms with E-state index in [9.17, 15) is 4.79 Å². The molecule has 0 aromatic carbocycles. The Bertz CT molecular complexity index is 295. The molecule has 2 bridgehead atoms. The third-order valence-electron chi connectivity index (χ3n) is 4.27. The monoisotopic (exact) mass is 192 g/mol. The maximum absolute atomic E-state index is 11.8. The number of esters is 1. The Balaban J connectivity index is 1.97. The summed E-state index contributed by atoms with van der Waals surface area (Å²) in [6, 6.07) is 0. The molecular weight excluding hydrogens is 176 g/mol. The highest BCUT2D eigenvalue weighted by Crippen LogP contribution is 2.52. The van der Waals surface area contributed by atoms with Crippen molar-refractivity contribution in [2.45, 2.75) is 19.8 Å². The van der Waals surface area contributed by atoms with Crippen LogP contribution in [0.25, 0.3) is 0 Å². The Hall–Kier alpha value is -0.790. The Morgan fingerprint density at radius 2 is 2.14 bits per heavy atom. The number of fused-ring (bicyclic) bond motifs is 5. The fourth-order valence-electron chi connectivity index (χ4n) is 3.60. The van der Waals surface area contributed by atoms with Crippen molar-refractivity contribution in [3.63, 3.8) is 0 Å². The highest BCUT2D eigenvalue weighted by Gasteiger charge is 2.51. The van der Waals surface area contributed by atoms with E-state index in [1.165, 1.54) is 6.42 Å². The number of ether oxygens (including phenoxy) is 1. The highest BCUT2D eigenvalue weighted by atomic mass is 16.5. The van der Waals surface area contributed by atoms with Gasteiger partial charge in [-0.25, -0.2) is 0 Å². The molecule has 14 heavy (non-hydrogen) atoms. The van der Waals surface area contributed by atoms with Crippen LogP contribution in [0.5, 0.6) is 0 Å². The number of hydrogen-bond acceptors (Lipinski definition) is 2. The first-order valence-electron chi connectivity index (χ1n) is 5.62. The minimum absolute atomic E-state index is 0.0659. The highest BCUT2D eigenvalue weighted by molar-refractivity contribution is 5.75. The van der Waals surface area contributed by atoms with E-state index in [0.29, 0.717) is 30.3 Å². The van der Waals surface area contributed by atoms with Gasteiger partial charge in [0, 0.05) is 0 Å². The van der Waals surface area contributed by atoms with E-state index >= 15 is 0 Å². The zero-order valence-corrected chi connectivity index (χ0v) is 8.48. The van der Waals surface area contributed by atoms with Crippen LogP contribution in [-0.4, -0.2) is 12.6 Å². The molecule has 76 valence electrons. The molecule has 0 amide bonds. The largest absolute Gasteiger partial charge is 0.465 e. The summed E-state index contributed by atoms with van der Waals surface area (Å²) in [5.74, 6) is 2.61. The van der Waals surface area contributed by atoms with Gasteiger partial charge in [-0.3, -0.25) is 4.79 Å². The van der Waals surface area contributed by atoms with Gasteiger partial charge in [-0.1, -0.05) is 19.1 Å². The van der Waals surface area contributed by atoms with Crippen LogP contribution in [-0.2, 0) is 9.53 Å². The molecule has 0 spiro atoms. The average Bonchev–Trinajstić information content (AvgIpc) is 2.72. The fraction of sp³-hybridized carbons (Fsp3) is 0.750. The van der Waals surface area contributed by atoms with E-state index in [-0.39, 0.29) is 11.9 Å². The molecular formula is C12H16O2. The molecule has 1 saturated carbocycles. The lowest BCUT2D eigenvalue weighted by Gasteiger charge is -2.27. The minimum atomic E-state index is 0.0659. The van der Waals surface area contributed by atoms with Gasteiger partial charge in [-0.2, -0.15) is 0 Å². The summed E-state index contributed by atoms with van der Waals surface area (Å²) in [7, 11) is 0. The maximum Gasteiger partial charge on any atom is 0.309 e. The van der Waals surface area contributed by atoms with Gasteiger partial charge in [0.05, 0.1) is 12.5 Å². The van der Waals surface area contributed by atoms with Crippen LogP contribution in [0, 0.1) is 29.6 Å². The molecule has 0 aromatic heterocycles. The third kappa shape index (κ3) is 0.999. The molecule has 2 heteroatoms. The standard InChI is InChI=1S/C12H16O2/c1-7-4-5-14-12(13)11-9-3-2-8(6-9)10(7)11/h2-3,7-11H,4-6H2,1H3/t7-,8+,9-,10+,11-/m0/s1. The third-order valence-corrected chi connectivity index (χ3v) is 4.27. The summed E-state index contributed by atoms with van der Waals surface area (Å²) < 4.78 is 5.27. The summed E-state index contributed by atoms with van der Waals surface area (Å²) in [5, 5.41) is 0. The maximum atomic E-state index is 11.8. The van der Waals surface area contributed by atoms with E-state index in [0.717, 1.165) is 6.42 Å². The van der Waals surface area contributed by atoms with Gasteiger partial charge in [0.2, 0.25) is 0 Å². The second kappa shape index (κ2) is 2.85. The Morgan fingerprint density at radius 1 is 1.36 bits per heavy atom. The Kier molecular flexibility index (Phi) is 1.73. The van der Waals surface area contributed by atoms with Crippen LogP contribution >= 0.6 is 0 Å². The summed E-state index contributed by atoms with van der Waals surface area (Å²) in [6.45, 7) is 2.90. The van der Waals surface area contributed by atoms with Gasteiger partial charge in [-0.15, -0.1) is 0 Å². The van der Waals surface area contributed by atoms with Gasteiger partial charge in [0.25, 0.3) is 0 Å². The van der Waals surface area contributed by atoms with E-state index < -0.39 is 0 Å². The topological polar surface area (TPSA) is 26.3 Å². The number of rotatable bonds is 0. The second-order valence-electron chi connectivity index (χ2n) is 4.98. The molecule has 5 atom stereocenters. The Morgan fingerprint density at radius 3 is 3.00 bits per heavy atom. The lowest BCUT2D eigenvalue weighted by Crippen LogP contribution is -2.30. The molecule has 0 aromatic rings. The lowest BCUT2D eigenvalue weighted by molar-refractivity contribution is -0.149. The summed E-state index contributed by atoms with van der Waals surface area (Å²) in [6.07, 6.45) is 6.78.